The second-order valence-corrected chi connectivity index (χ2v) is 8.20. The van der Waals surface area contributed by atoms with Crippen molar-refractivity contribution in [1.82, 2.24) is 5.32 Å². The molecule has 170 valence electrons. The van der Waals surface area contributed by atoms with E-state index in [1.165, 1.54) is 0 Å². The summed E-state index contributed by atoms with van der Waals surface area (Å²) in [7, 11) is 0. The SMILES string of the molecule is O=C(C[C@H]1CC[C@@H](NC(=O)c2ccccc2)[C@@H](CO)O1)Nc1ccc(-c2ccccc2)cc1. The molecule has 1 fully saturated rings. The van der Waals surface area contributed by atoms with Crippen LogP contribution in [0.4, 0.5) is 5.69 Å². The van der Waals surface area contributed by atoms with Crippen molar-refractivity contribution >= 4 is 17.5 Å². The molecule has 1 aliphatic heterocycles. The molecule has 0 aromatic heterocycles. The van der Waals surface area contributed by atoms with Gasteiger partial charge in [-0.05, 0) is 48.2 Å². The molecule has 0 spiro atoms. The Morgan fingerprint density at radius 2 is 1.48 bits per heavy atom. The summed E-state index contributed by atoms with van der Waals surface area (Å²) in [6, 6.07) is 26.4. The molecule has 3 aromatic carbocycles. The summed E-state index contributed by atoms with van der Waals surface area (Å²) < 4.78 is 5.94. The molecule has 1 heterocycles. The highest BCUT2D eigenvalue weighted by Gasteiger charge is 2.33. The zero-order chi connectivity index (χ0) is 23.0. The van der Waals surface area contributed by atoms with Gasteiger partial charge in [-0.25, -0.2) is 0 Å². The Bertz CT molecular complexity index is 1050. The summed E-state index contributed by atoms with van der Waals surface area (Å²) in [5, 5.41) is 15.6. The predicted octanol–water partition coefficient (Wildman–Crippen LogP) is 4.02. The van der Waals surface area contributed by atoms with Crippen LogP contribution in [0.15, 0.2) is 84.9 Å². The molecule has 0 saturated carbocycles. The van der Waals surface area contributed by atoms with Gasteiger partial charge in [0.1, 0.15) is 6.10 Å². The minimum atomic E-state index is -0.547. The summed E-state index contributed by atoms with van der Waals surface area (Å²) >= 11 is 0. The number of amides is 2. The molecular weight excluding hydrogens is 416 g/mol. The van der Waals surface area contributed by atoms with Crippen molar-refractivity contribution in [2.24, 2.45) is 0 Å². The minimum absolute atomic E-state index is 0.143. The molecule has 33 heavy (non-hydrogen) atoms. The normalized spacial score (nSPS) is 20.1. The molecule has 0 aliphatic carbocycles. The smallest absolute Gasteiger partial charge is 0.251 e. The number of benzene rings is 3. The Morgan fingerprint density at radius 1 is 0.848 bits per heavy atom. The molecule has 3 aromatic rings. The van der Waals surface area contributed by atoms with Crippen molar-refractivity contribution in [2.75, 3.05) is 11.9 Å². The number of nitrogens with one attached hydrogen (secondary N) is 2. The van der Waals surface area contributed by atoms with Gasteiger partial charge >= 0.3 is 0 Å². The van der Waals surface area contributed by atoms with Crippen molar-refractivity contribution in [1.29, 1.82) is 0 Å². The minimum Gasteiger partial charge on any atom is -0.394 e. The number of aliphatic hydroxyl groups excluding tert-OH is 1. The summed E-state index contributed by atoms with van der Waals surface area (Å²) in [5.74, 6) is -0.339. The lowest BCUT2D eigenvalue weighted by atomic mass is 9.96. The summed E-state index contributed by atoms with van der Waals surface area (Å²) in [6.45, 7) is -0.223. The van der Waals surface area contributed by atoms with Crippen LogP contribution < -0.4 is 10.6 Å². The van der Waals surface area contributed by atoms with Crippen molar-refractivity contribution in [3.05, 3.63) is 90.5 Å². The van der Waals surface area contributed by atoms with Crippen LogP contribution in [0.2, 0.25) is 0 Å². The van der Waals surface area contributed by atoms with E-state index in [4.69, 9.17) is 4.74 Å². The van der Waals surface area contributed by atoms with Crippen molar-refractivity contribution < 1.29 is 19.4 Å². The number of hydrogen-bond donors (Lipinski definition) is 3. The average Bonchev–Trinajstić information content (AvgIpc) is 2.86. The quantitative estimate of drug-likeness (QED) is 0.514. The van der Waals surface area contributed by atoms with E-state index in [1.807, 2.05) is 60.7 Å². The highest BCUT2D eigenvalue weighted by Crippen LogP contribution is 2.24. The number of aliphatic hydroxyl groups is 1. The third kappa shape index (κ3) is 6.06. The van der Waals surface area contributed by atoms with E-state index in [1.54, 1.807) is 24.3 Å². The first-order chi connectivity index (χ1) is 16.1. The highest BCUT2D eigenvalue weighted by molar-refractivity contribution is 5.94. The van der Waals surface area contributed by atoms with E-state index in [0.717, 1.165) is 16.8 Å². The van der Waals surface area contributed by atoms with Gasteiger partial charge in [-0.15, -0.1) is 0 Å². The van der Waals surface area contributed by atoms with Crippen LogP contribution in [0.3, 0.4) is 0 Å². The van der Waals surface area contributed by atoms with Crippen LogP contribution in [-0.2, 0) is 9.53 Å². The summed E-state index contributed by atoms with van der Waals surface area (Å²) in [4.78, 5) is 25.0. The van der Waals surface area contributed by atoms with Gasteiger partial charge in [0, 0.05) is 11.3 Å². The number of carbonyl (C=O) groups excluding carboxylic acids is 2. The van der Waals surface area contributed by atoms with Crippen molar-refractivity contribution in [3.63, 3.8) is 0 Å². The van der Waals surface area contributed by atoms with Gasteiger partial charge in [0.05, 0.1) is 25.2 Å². The average molecular weight is 445 g/mol. The molecular formula is C27H28N2O4. The molecule has 3 N–H and O–H groups in total. The first kappa shape index (κ1) is 22.7. The van der Waals surface area contributed by atoms with E-state index in [2.05, 4.69) is 10.6 Å². The van der Waals surface area contributed by atoms with E-state index < -0.39 is 6.10 Å². The Labute approximate surface area is 193 Å². The molecule has 6 nitrogen and oxygen atoms in total. The maximum Gasteiger partial charge on any atom is 0.251 e. The number of anilines is 1. The van der Waals surface area contributed by atoms with Gasteiger partial charge in [0.2, 0.25) is 5.91 Å². The Kier molecular flexibility index (Phi) is 7.50. The second-order valence-electron chi connectivity index (χ2n) is 8.20. The molecule has 0 radical (unpaired) electrons. The fourth-order valence-corrected chi connectivity index (χ4v) is 4.08. The lowest BCUT2D eigenvalue weighted by molar-refractivity contribution is -0.126. The second kappa shape index (κ2) is 10.9. The zero-order valence-electron chi connectivity index (χ0n) is 18.3. The van der Waals surface area contributed by atoms with E-state index in [9.17, 15) is 14.7 Å². The molecule has 4 rings (SSSR count). The van der Waals surface area contributed by atoms with E-state index >= 15 is 0 Å². The topological polar surface area (TPSA) is 87.7 Å². The van der Waals surface area contributed by atoms with Crippen LogP contribution in [0.1, 0.15) is 29.6 Å². The van der Waals surface area contributed by atoms with Crippen LogP contribution >= 0.6 is 0 Å². The summed E-state index contributed by atoms with van der Waals surface area (Å²) in [6.07, 6.45) is 0.588. The van der Waals surface area contributed by atoms with Crippen molar-refractivity contribution in [2.45, 2.75) is 37.5 Å². The molecule has 1 saturated heterocycles. The van der Waals surface area contributed by atoms with Gasteiger partial charge < -0.3 is 20.5 Å². The van der Waals surface area contributed by atoms with Crippen LogP contribution in [0.5, 0.6) is 0 Å². The predicted molar refractivity (Wildman–Crippen MR) is 128 cm³/mol. The first-order valence-corrected chi connectivity index (χ1v) is 11.2. The van der Waals surface area contributed by atoms with Gasteiger partial charge in [0.25, 0.3) is 5.91 Å². The maximum atomic E-state index is 12.6. The Hall–Kier alpha value is -3.48. The van der Waals surface area contributed by atoms with Gasteiger partial charge in [-0.3, -0.25) is 9.59 Å². The number of ether oxygens (including phenoxy) is 1. The largest absolute Gasteiger partial charge is 0.394 e. The number of hydrogen-bond acceptors (Lipinski definition) is 4. The Morgan fingerprint density at radius 3 is 2.15 bits per heavy atom. The number of carbonyl (C=O) groups is 2. The van der Waals surface area contributed by atoms with E-state index in [0.29, 0.717) is 18.4 Å². The molecule has 0 bridgehead atoms. The van der Waals surface area contributed by atoms with E-state index in [-0.39, 0.29) is 37.0 Å². The van der Waals surface area contributed by atoms with Crippen LogP contribution in [0.25, 0.3) is 11.1 Å². The van der Waals surface area contributed by atoms with Gasteiger partial charge in [0.15, 0.2) is 0 Å². The molecule has 6 heteroatoms. The summed E-state index contributed by atoms with van der Waals surface area (Å²) in [5.41, 5.74) is 3.49. The lowest BCUT2D eigenvalue weighted by Gasteiger charge is -2.36. The van der Waals surface area contributed by atoms with Gasteiger partial charge in [-0.2, -0.15) is 0 Å². The third-order valence-electron chi connectivity index (χ3n) is 5.84. The van der Waals surface area contributed by atoms with Crippen molar-refractivity contribution in [3.8, 4) is 11.1 Å². The first-order valence-electron chi connectivity index (χ1n) is 11.2. The van der Waals surface area contributed by atoms with Gasteiger partial charge in [-0.1, -0.05) is 60.7 Å². The molecule has 2 amide bonds. The fourth-order valence-electron chi connectivity index (χ4n) is 4.08. The highest BCUT2D eigenvalue weighted by atomic mass is 16.5. The van der Waals surface area contributed by atoms with Crippen LogP contribution in [0, 0.1) is 0 Å². The molecule has 1 aliphatic rings. The van der Waals surface area contributed by atoms with Crippen LogP contribution in [-0.4, -0.2) is 41.8 Å². The molecule has 0 unspecified atom stereocenters. The lowest BCUT2D eigenvalue weighted by Crippen LogP contribution is -2.51. The zero-order valence-corrected chi connectivity index (χ0v) is 18.3. The maximum absolute atomic E-state index is 12.6. The standard InChI is InChI=1S/C27H28N2O4/c30-18-25-24(29-27(32)21-9-5-2-6-10-21)16-15-23(33-25)17-26(31)28-22-13-11-20(12-14-22)19-7-3-1-4-8-19/h1-14,23-25,30H,15-18H2,(H,28,31)(H,29,32)/t23-,24-,25-/m1/s1. The Balaban J connectivity index is 1.28. The third-order valence-corrected chi connectivity index (χ3v) is 5.84. The fraction of sp³-hybridized carbons (Fsp3) is 0.259. The molecule has 3 atom stereocenters. The number of rotatable bonds is 7. The monoisotopic (exact) mass is 444 g/mol.